The first kappa shape index (κ1) is 26.6. The van der Waals surface area contributed by atoms with E-state index in [0.29, 0.717) is 22.9 Å². The highest BCUT2D eigenvalue weighted by Gasteiger charge is 2.74. The molecule has 40 heavy (non-hydrogen) atoms. The van der Waals surface area contributed by atoms with E-state index in [1.807, 2.05) is 84.9 Å². The molecule has 2 aliphatic carbocycles. The molecule has 0 aromatic heterocycles. The predicted octanol–water partition coefficient (Wildman–Crippen LogP) is 5.47. The van der Waals surface area contributed by atoms with Crippen LogP contribution in [0.15, 0.2) is 89.4 Å². The van der Waals surface area contributed by atoms with Crippen LogP contribution in [0.25, 0.3) is 0 Å². The Morgan fingerprint density at radius 3 is 2.05 bits per heavy atom. The maximum Gasteiger partial charge on any atom is 0.256 e. The third-order valence-corrected chi connectivity index (χ3v) is 16.0. The van der Waals surface area contributed by atoms with E-state index >= 15 is 4.57 Å². The van der Waals surface area contributed by atoms with Crippen molar-refractivity contribution in [3.8, 4) is 0 Å². The van der Waals surface area contributed by atoms with Crippen LogP contribution in [0.3, 0.4) is 0 Å². The summed E-state index contributed by atoms with van der Waals surface area (Å²) in [6.07, 6.45) is 2.55. The number of halogens is 1. The molecule has 3 aromatic carbocycles. The third kappa shape index (κ3) is 3.52. The number of hydrogen-bond acceptors (Lipinski definition) is 4. The number of benzene rings is 3. The van der Waals surface area contributed by atoms with Crippen molar-refractivity contribution in [1.82, 2.24) is 8.98 Å². The van der Waals surface area contributed by atoms with Gasteiger partial charge in [0.15, 0.2) is 0 Å². The molecule has 2 heterocycles. The first-order valence-electron chi connectivity index (χ1n) is 13.8. The standard InChI is InChI=1S/C31H32BrN2O4PS/c1-30(2)22-17-18-31(30)20-40(37,38)34(26(31)19-22)29(35)28-27(21-13-15-23(32)16-14-21)33(28)39(36,24-9-5-3-6-10-24)25-11-7-4-8-12-25/h3-16,22,26-28H,17-20H2,1-2H3/t22-,26-,27-,28-,31-,33?/m1/s1. The lowest BCUT2D eigenvalue weighted by Gasteiger charge is -2.37. The monoisotopic (exact) mass is 638 g/mol. The zero-order chi connectivity index (χ0) is 28.1. The molecule has 1 amide bonds. The molecule has 9 heteroatoms. The van der Waals surface area contributed by atoms with Crippen LogP contribution in [0.1, 0.15) is 44.7 Å². The highest BCUT2D eigenvalue weighted by molar-refractivity contribution is 9.10. The van der Waals surface area contributed by atoms with E-state index in [0.717, 1.165) is 22.9 Å². The van der Waals surface area contributed by atoms with Gasteiger partial charge in [0.1, 0.15) is 6.04 Å². The molecule has 3 aromatic rings. The summed E-state index contributed by atoms with van der Waals surface area (Å²) in [6, 6.07) is 24.5. The molecule has 4 aliphatic rings. The van der Waals surface area contributed by atoms with Gasteiger partial charge in [0.25, 0.3) is 5.91 Å². The van der Waals surface area contributed by atoms with Crippen molar-refractivity contribution < 1.29 is 17.8 Å². The fourth-order valence-electron chi connectivity index (χ4n) is 8.20. The number of sulfonamides is 1. The van der Waals surface area contributed by atoms with Crippen LogP contribution >= 0.6 is 23.2 Å². The Morgan fingerprint density at radius 2 is 1.50 bits per heavy atom. The number of carbonyl (C=O) groups excluding carboxylic acids is 1. The first-order valence-corrected chi connectivity index (χ1v) is 17.9. The summed E-state index contributed by atoms with van der Waals surface area (Å²) < 4.78 is 46.9. The zero-order valence-corrected chi connectivity index (χ0v) is 25.8. The van der Waals surface area contributed by atoms with Crippen LogP contribution in [0.4, 0.5) is 0 Å². The molecule has 2 saturated heterocycles. The Labute approximate surface area is 244 Å². The average molecular weight is 640 g/mol. The lowest BCUT2D eigenvalue weighted by atomic mass is 9.69. The number of fused-ring (bicyclic) bond motifs is 1. The van der Waals surface area contributed by atoms with E-state index in [9.17, 15) is 13.2 Å². The van der Waals surface area contributed by atoms with E-state index in [4.69, 9.17) is 0 Å². The summed E-state index contributed by atoms with van der Waals surface area (Å²) in [5.41, 5.74) is 0.284. The summed E-state index contributed by atoms with van der Waals surface area (Å²) >= 11 is 3.49. The van der Waals surface area contributed by atoms with Crippen molar-refractivity contribution in [1.29, 1.82) is 0 Å². The summed E-state index contributed by atoms with van der Waals surface area (Å²) in [5, 5.41) is 1.25. The van der Waals surface area contributed by atoms with Gasteiger partial charge in [-0.2, -0.15) is 0 Å². The Hall–Kier alpha value is -2.25. The molecule has 1 unspecified atom stereocenters. The number of amides is 1. The predicted molar refractivity (Wildman–Crippen MR) is 160 cm³/mol. The van der Waals surface area contributed by atoms with E-state index in [2.05, 4.69) is 29.8 Å². The van der Waals surface area contributed by atoms with E-state index in [-0.39, 0.29) is 17.2 Å². The average Bonchev–Trinajstić information content (AvgIpc) is 3.52. The highest BCUT2D eigenvalue weighted by Crippen LogP contribution is 2.71. The molecular formula is C31H32BrN2O4PS. The second-order valence-corrected chi connectivity index (χ2v) is 17.7. The highest BCUT2D eigenvalue weighted by atomic mass is 79.9. The van der Waals surface area contributed by atoms with Crippen molar-refractivity contribution in [2.24, 2.45) is 16.7 Å². The van der Waals surface area contributed by atoms with Crippen molar-refractivity contribution in [3.05, 3.63) is 95.0 Å². The van der Waals surface area contributed by atoms with Gasteiger partial charge in [-0.05, 0) is 72.6 Å². The SMILES string of the molecule is CC1(C)[C@@H]2CC[C@]13CS(=O)(=O)N(C(=O)[C@H]1[C@@H](c4ccc(Br)cc4)N1P(=O)(c1ccccc1)c1ccccc1)[C@@H]3C2. The van der Waals surface area contributed by atoms with Crippen molar-refractivity contribution >= 4 is 49.8 Å². The molecule has 7 rings (SSSR count). The van der Waals surface area contributed by atoms with Crippen molar-refractivity contribution in [3.63, 3.8) is 0 Å². The maximum atomic E-state index is 15.4. The van der Waals surface area contributed by atoms with E-state index in [1.165, 1.54) is 4.31 Å². The van der Waals surface area contributed by atoms with Gasteiger partial charge in [0, 0.05) is 20.5 Å². The number of hydrogen-bond donors (Lipinski definition) is 0. The molecule has 2 bridgehead atoms. The van der Waals surface area contributed by atoms with Gasteiger partial charge in [0.2, 0.25) is 17.3 Å². The van der Waals surface area contributed by atoms with Crippen molar-refractivity contribution in [2.75, 3.05) is 5.75 Å². The largest absolute Gasteiger partial charge is 0.296 e. The maximum absolute atomic E-state index is 15.4. The minimum atomic E-state index is -3.82. The molecule has 1 spiro atoms. The Bertz CT molecular complexity index is 1600. The topological polar surface area (TPSA) is 74.5 Å². The Morgan fingerprint density at radius 1 is 0.925 bits per heavy atom. The van der Waals surface area contributed by atoms with Crippen LogP contribution < -0.4 is 10.6 Å². The summed E-state index contributed by atoms with van der Waals surface area (Å²) in [4.78, 5) is 14.6. The molecular weight excluding hydrogens is 607 g/mol. The summed E-state index contributed by atoms with van der Waals surface area (Å²) in [5.74, 6) is -0.0178. The molecule has 2 aliphatic heterocycles. The normalized spacial score (nSPS) is 33.1. The Balaban J connectivity index is 1.36. The smallest absolute Gasteiger partial charge is 0.256 e. The van der Waals surface area contributed by atoms with E-state index < -0.39 is 40.7 Å². The zero-order valence-electron chi connectivity index (χ0n) is 22.5. The van der Waals surface area contributed by atoms with E-state index in [1.54, 1.807) is 4.67 Å². The van der Waals surface area contributed by atoms with Gasteiger partial charge in [-0.3, -0.25) is 9.36 Å². The molecule has 0 radical (unpaired) electrons. The number of carbonyl (C=O) groups is 1. The van der Waals surface area contributed by atoms with Crippen LogP contribution in [0.2, 0.25) is 0 Å². The summed E-state index contributed by atoms with van der Waals surface area (Å²) in [6.45, 7) is 4.36. The van der Waals surface area contributed by atoms with Gasteiger partial charge in [-0.1, -0.05) is 78.3 Å². The van der Waals surface area contributed by atoms with Crippen molar-refractivity contribution in [2.45, 2.75) is 51.2 Å². The fourth-order valence-corrected chi connectivity index (χ4v) is 14.1. The lowest BCUT2D eigenvalue weighted by Crippen LogP contribution is -2.46. The number of rotatable bonds is 5. The second kappa shape index (κ2) is 8.87. The Kier molecular flexibility index (Phi) is 5.91. The number of nitrogens with zero attached hydrogens (tertiary/aromatic N) is 2. The fraction of sp³-hybridized carbons (Fsp3) is 0.387. The van der Waals surface area contributed by atoms with Crippen LogP contribution in [-0.4, -0.2) is 41.1 Å². The van der Waals surface area contributed by atoms with Crippen LogP contribution in [-0.2, 0) is 19.4 Å². The summed E-state index contributed by atoms with van der Waals surface area (Å²) in [7, 11) is -7.32. The molecule has 2 saturated carbocycles. The van der Waals surface area contributed by atoms with Gasteiger partial charge < -0.3 is 0 Å². The molecule has 6 atom stereocenters. The third-order valence-electron chi connectivity index (χ3n) is 10.4. The molecule has 6 nitrogen and oxygen atoms in total. The van der Waals surface area contributed by atoms with Gasteiger partial charge in [0.05, 0.1) is 17.8 Å². The van der Waals surface area contributed by atoms with Gasteiger partial charge in [-0.15, -0.1) is 0 Å². The second-order valence-electron chi connectivity index (χ2n) is 12.3. The van der Waals surface area contributed by atoms with Gasteiger partial charge in [-0.25, -0.2) is 17.4 Å². The minimum absolute atomic E-state index is 0.0185. The van der Waals surface area contributed by atoms with Crippen LogP contribution in [0.5, 0.6) is 0 Å². The van der Waals surface area contributed by atoms with Crippen LogP contribution in [0, 0.1) is 16.7 Å². The first-order chi connectivity index (χ1) is 19.0. The quantitative estimate of drug-likeness (QED) is 0.274. The lowest BCUT2D eigenvalue weighted by molar-refractivity contribution is -0.129. The minimum Gasteiger partial charge on any atom is -0.296 e. The van der Waals surface area contributed by atoms with Gasteiger partial charge >= 0.3 is 0 Å². The molecule has 4 fully saturated rings. The molecule has 0 N–H and O–H groups in total. The molecule has 208 valence electrons.